The SMILES string of the molecule is CC[O-].CC[O-].CC[O-].[NH4+].[NH4+].[NH4+].[NH4+].[OH-]. The second kappa shape index (κ2) is 241. The van der Waals surface area contributed by atoms with Gasteiger partial charge in [-0.15, -0.1) is 19.8 Å². The molecule has 8 heteroatoms. The van der Waals surface area contributed by atoms with Crippen LogP contribution in [-0.4, -0.2) is 25.3 Å². The molecule has 0 saturated carbocycles. The van der Waals surface area contributed by atoms with Crippen LogP contribution >= 0.6 is 0 Å². The summed E-state index contributed by atoms with van der Waals surface area (Å²) in [6, 6.07) is 0. The molecule has 8 nitrogen and oxygen atoms in total. The molecule has 0 radical (unpaired) electrons. The van der Waals surface area contributed by atoms with Gasteiger partial charge in [-0.25, -0.2) is 0 Å². The molecule has 0 rings (SSSR count). The van der Waals surface area contributed by atoms with Crippen LogP contribution in [0.3, 0.4) is 0 Å². The minimum absolute atomic E-state index is 0. The van der Waals surface area contributed by atoms with Crippen molar-refractivity contribution in [1.29, 1.82) is 0 Å². The molecule has 0 fully saturated rings. The van der Waals surface area contributed by atoms with Gasteiger partial charge in [0, 0.05) is 0 Å². The molecule has 0 saturated heterocycles. The van der Waals surface area contributed by atoms with Gasteiger partial charge in [0.15, 0.2) is 0 Å². The Bertz CT molecular complexity index is 26.5. The lowest BCUT2D eigenvalue weighted by molar-refractivity contribution is -0.362. The monoisotopic (exact) mass is 224 g/mol. The molecule has 100 valence electrons. The van der Waals surface area contributed by atoms with Gasteiger partial charge in [0.25, 0.3) is 0 Å². The van der Waals surface area contributed by atoms with E-state index in [-0.39, 0.29) is 49.9 Å². The Labute approximate surface area is 87.0 Å². The number of hydrogen-bond acceptors (Lipinski definition) is 4. The lowest BCUT2D eigenvalue weighted by Gasteiger charge is -1.79. The van der Waals surface area contributed by atoms with E-state index in [9.17, 15) is 0 Å². The van der Waals surface area contributed by atoms with Crippen LogP contribution in [0, 0.1) is 0 Å². The van der Waals surface area contributed by atoms with Crippen molar-refractivity contribution in [2.45, 2.75) is 20.8 Å². The molecular formula is C6H32N4O4. The third-order valence-corrected chi connectivity index (χ3v) is 0. The molecule has 0 aliphatic rings. The smallest absolute Gasteiger partial charge is 0.0809 e. The quantitative estimate of drug-likeness (QED) is 0.421. The largest absolute Gasteiger partial charge is 0.870 e. The van der Waals surface area contributed by atoms with Crippen molar-refractivity contribution >= 4 is 0 Å². The van der Waals surface area contributed by atoms with Crippen molar-refractivity contribution in [3.8, 4) is 0 Å². The van der Waals surface area contributed by atoms with Gasteiger partial charge in [0.05, 0.1) is 0 Å². The van der Waals surface area contributed by atoms with E-state index in [0.717, 1.165) is 0 Å². The standard InChI is InChI=1S/3C2H5O.4H3N.H2O/c3*1-2-3;;;;;/h3*2H2,1H3;4*1H3;1H2/q3*-1;;;;;/p+3. The number of hydrogen-bond donors (Lipinski definition) is 4. The van der Waals surface area contributed by atoms with Crippen LogP contribution in [0.25, 0.3) is 0 Å². The number of quaternary nitrogens is 4. The summed E-state index contributed by atoms with van der Waals surface area (Å²) >= 11 is 0. The topological polar surface area (TPSA) is 245 Å². The summed E-state index contributed by atoms with van der Waals surface area (Å²) in [4.78, 5) is 0. The second-order valence-electron chi connectivity index (χ2n) is 0.866. The van der Waals surface area contributed by atoms with Crippen LogP contribution in [-0.2, 0) is 0 Å². The van der Waals surface area contributed by atoms with E-state index in [4.69, 9.17) is 15.3 Å². The predicted molar refractivity (Wildman–Crippen MR) is 57.5 cm³/mol. The average molecular weight is 224 g/mol. The molecule has 14 heavy (non-hydrogen) atoms. The summed E-state index contributed by atoms with van der Waals surface area (Å²) in [5, 5.41) is 26.8. The third kappa shape index (κ3) is 13000. The Morgan fingerprint density at radius 3 is 0.571 bits per heavy atom. The Hall–Kier alpha value is -0.320. The first-order valence-electron chi connectivity index (χ1n) is 2.99. The lowest BCUT2D eigenvalue weighted by Crippen LogP contribution is -1.97. The van der Waals surface area contributed by atoms with Gasteiger partial charge in [-0.05, 0) is 0 Å². The van der Waals surface area contributed by atoms with Gasteiger partial charge in [-0.3, -0.25) is 0 Å². The molecule has 0 aliphatic heterocycles. The zero-order valence-corrected chi connectivity index (χ0v) is 10.8. The lowest BCUT2D eigenvalue weighted by atomic mass is 10.9. The molecule has 17 N–H and O–H groups in total. The van der Waals surface area contributed by atoms with Crippen LogP contribution in [0.4, 0.5) is 0 Å². The normalized spacial score (nSPS) is 3.86. The fourth-order valence-electron chi connectivity index (χ4n) is 0. The Morgan fingerprint density at radius 1 is 0.571 bits per heavy atom. The van der Waals surface area contributed by atoms with Gasteiger partial charge in [0.2, 0.25) is 0 Å². The van der Waals surface area contributed by atoms with Crippen molar-refractivity contribution in [3.63, 3.8) is 0 Å². The van der Waals surface area contributed by atoms with Crippen molar-refractivity contribution in [3.05, 3.63) is 0 Å². The summed E-state index contributed by atoms with van der Waals surface area (Å²) in [7, 11) is 0. The zero-order valence-electron chi connectivity index (χ0n) is 10.8. The number of rotatable bonds is 0. The van der Waals surface area contributed by atoms with E-state index in [1.165, 1.54) is 0 Å². The van der Waals surface area contributed by atoms with Crippen LogP contribution in [0.5, 0.6) is 0 Å². The maximum atomic E-state index is 8.93. The van der Waals surface area contributed by atoms with Crippen LogP contribution < -0.4 is 39.9 Å². The summed E-state index contributed by atoms with van der Waals surface area (Å²) in [6.45, 7) is 4.71. The van der Waals surface area contributed by atoms with Gasteiger partial charge < -0.3 is 45.4 Å². The molecule has 0 atom stereocenters. The molecule has 0 spiro atoms. The Balaban J connectivity index is -0.00000000545. The minimum Gasteiger partial charge on any atom is -0.870 e. The van der Waals surface area contributed by atoms with Gasteiger partial charge >= 0.3 is 0 Å². The van der Waals surface area contributed by atoms with Gasteiger partial charge in [-0.1, -0.05) is 20.8 Å². The maximum absolute atomic E-state index is 8.93. The van der Waals surface area contributed by atoms with E-state index < -0.39 is 0 Å². The second-order valence-corrected chi connectivity index (χ2v) is 0.866. The molecule has 0 aliphatic carbocycles. The highest BCUT2D eigenvalue weighted by Crippen LogP contribution is 1.19. The molecule has 0 aromatic carbocycles. The first-order valence-corrected chi connectivity index (χ1v) is 2.99. The molecule has 0 bridgehead atoms. The highest BCUT2D eigenvalue weighted by atomic mass is 16.3. The van der Waals surface area contributed by atoms with Crippen molar-refractivity contribution in [2.75, 3.05) is 19.8 Å². The van der Waals surface area contributed by atoms with Crippen LogP contribution in [0.15, 0.2) is 0 Å². The van der Waals surface area contributed by atoms with E-state index in [1.807, 2.05) is 0 Å². The minimum atomic E-state index is 0. The van der Waals surface area contributed by atoms with Crippen LogP contribution in [0.1, 0.15) is 20.8 Å². The predicted octanol–water partition coefficient (Wildman–Crippen LogP) is -0.572. The molecular weight excluding hydrogens is 192 g/mol. The molecule has 0 heterocycles. The van der Waals surface area contributed by atoms with Crippen molar-refractivity contribution in [2.24, 2.45) is 0 Å². The summed E-state index contributed by atoms with van der Waals surface area (Å²) in [5.74, 6) is 0. The Kier molecular flexibility index (Phi) is 1170. The van der Waals surface area contributed by atoms with E-state index >= 15 is 0 Å². The van der Waals surface area contributed by atoms with Crippen LogP contribution in [0.2, 0.25) is 0 Å². The third-order valence-electron chi connectivity index (χ3n) is 0. The highest BCUT2D eigenvalue weighted by Gasteiger charge is 1.17. The highest BCUT2D eigenvalue weighted by molar-refractivity contribution is 3.80. The summed E-state index contributed by atoms with van der Waals surface area (Å²) in [5.41, 5.74) is 0. The van der Waals surface area contributed by atoms with E-state index in [1.54, 1.807) is 20.8 Å². The van der Waals surface area contributed by atoms with Crippen molar-refractivity contribution < 1.29 is 20.8 Å². The van der Waals surface area contributed by atoms with E-state index in [2.05, 4.69) is 0 Å². The van der Waals surface area contributed by atoms with Gasteiger partial charge in [-0.2, -0.15) is 0 Å². The Morgan fingerprint density at radius 2 is 0.571 bits per heavy atom. The zero-order chi connectivity index (χ0) is 8.12. The fraction of sp³-hybridized carbons (Fsp3) is 1.00. The molecule has 0 unspecified atom stereocenters. The average Bonchev–Trinajstić information content (AvgIpc) is 1.70. The fourth-order valence-corrected chi connectivity index (χ4v) is 0. The molecule has 0 amide bonds. The summed E-state index contributed by atoms with van der Waals surface area (Å²) in [6.07, 6.45) is 0. The van der Waals surface area contributed by atoms with E-state index in [0.29, 0.717) is 0 Å². The first kappa shape index (κ1) is 68.2. The molecule has 0 aromatic rings. The summed E-state index contributed by atoms with van der Waals surface area (Å²) < 4.78 is 0. The molecule has 0 aromatic heterocycles. The van der Waals surface area contributed by atoms with Crippen molar-refractivity contribution in [1.82, 2.24) is 24.6 Å². The first-order chi connectivity index (χ1) is 4.24. The van der Waals surface area contributed by atoms with Gasteiger partial charge in [0.1, 0.15) is 0 Å². The maximum Gasteiger partial charge on any atom is -0.0809 e.